The maximum Gasteiger partial charge on any atom is 0.160 e. The number of hydrogen-bond donors (Lipinski definition) is 1. The molecule has 0 bridgehead atoms. The molecule has 0 saturated heterocycles. The Bertz CT molecular complexity index is 467. The largest absolute Gasteiger partial charge is 0.370 e. The molecule has 1 aliphatic rings. The molecule has 0 aromatic carbocycles. The number of ether oxygens (including phenoxy) is 1. The minimum Gasteiger partial charge on any atom is -0.370 e. The Morgan fingerprint density at radius 2 is 2.05 bits per heavy atom. The van der Waals surface area contributed by atoms with E-state index in [1.165, 1.54) is 12.8 Å². The SMILES string of the molecule is CCC(N)Cc1cc(C)nc(C2(OC)CCC(C)CC2)n1. The van der Waals surface area contributed by atoms with Gasteiger partial charge >= 0.3 is 0 Å². The first-order valence-electron chi connectivity index (χ1n) is 8.15. The van der Waals surface area contributed by atoms with Crippen molar-refractivity contribution >= 4 is 0 Å². The number of methoxy groups -OCH3 is 1. The molecule has 0 spiro atoms. The van der Waals surface area contributed by atoms with Crippen LogP contribution in [0.4, 0.5) is 0 Å². The standard InChI is InChI=1S/C17H29N3O/c1-5-14(18)11-15-10-13(3)19-16(20-15)17(21-4)8-6-12(2)7-9-17/h10,12,14H,5-9,11,18H2,1-4H3. The molecule has 0 amide bonds. The molecule has 4 heteroatoms. The molecular formula is C17H29N3O. The summed E-state index contributed by atoms with van der Waals surface area (Å²) in [5.41, 5.74) is 7.82. The van der Waals surface area contributed by atoms with Gasteiger partial charge in [-0.25, -0.2) is 9.97 Å². The van der Waals surface area contributed by atoms with Gasteiger partial charge < -0.3 is 10.5 Å². The lowest BCUT2D eigenvalue weighted by atomic mass is 9.79. The van der Waals surface area contributed by atoms with E-state index in [1.807, 2.05) is 13.0 Å². The van der Waals surface area contributed by atoms with Crippen LogP contribution >= 0.6 is 0 Å². The zero-order valence-corrected chi connectivity index (χ0v) is 13.9. The van der Waals surface area contributed by atoms with E-state index in [1.54, 1.807) is 7.11 Å². The lowest BCUT2D eigenvalue weighted by molar-refractivity contribution is -0.0600. The van der Waals surface area contributed by atoms with Crippen molar-refractivity contribution in [2.75, 3.05) is 7.11 Å². The van der Waals surface area contributed by atoms with Gasteiger partial charge in [-0.2, -0.15) is 0 Å². The molecule has 2 N–H and O–H groups in total. The Morgan fingerprint density at radius 3 is 2.62 bits per heavy atom. The summed E-state index contributed by atoms with van der Waals surface area (Å²) in [4.78, 5) is 9.48. The first-order chi connectivity index (χ1) is 9.99. The average Bonchev–Trinajstić information content (AvgIpc) is 2.47. The third-order valence-electron chi connectivity index (χ3n) is 4.78. The van der Waals surface area contributed by atoms with Gasteiger partial charge in [-0.15, -0.1) is 0 Å². The molecule has 1 aliphatic carbocycles. The molecular weight excluding hydrogens is 262 g/mol. The second-order valence-corrected chi connectivity index (χ2v) is 6.58. The Morgan fingerprint density at radius 1 is 1.38 bits per heavy atom. The van der Waals surface area contributed by atoms with E-state index in [4.69, 9.17) is 15.5 Å². The highest BCUT2D eigenvalue weighted by atomic mass is 16.5. The maximum absolute atomic E-state index is 6.08. The van der Waals surface area contributed by atoms with Crippen molar-refractivity contribution in [1.82, 2.24) is 9.97 Å². The Labute approximate surface area is 128 Å². The van der Waals surface area contributed by atoms with Gasteiger partial charge in [0.05, 0.1) is 0 Å². The van der Waals surface area contributed by atoms with Gasteiger partial charge in [-0.1, -0.05) is 13.8 Å². The summed E-state index contributed by atoms with van der Waals surface area (Å²) in [6.45, 7) is 6.45. The molecule has 118 valence electrons. The summed E-state index contributed by atoms with van der Waals surface area (Å²) in [7, 11) is 1.79. The van der Waals surface area contributed by atoms with E-state index in [2.05, 4.69) is 18.8 Å². The van der Waals surface area contributed by atoms with Gasteiger partial charge in [-0.3, -0.25) is 0 Å². The van der Waals surface area contributed by atoms with E-state index >= 15 is 0 Å². The first kappa shape index (κ1) is 16.4. The van der Waals surface area contributed by atoms with Crippen LogP contribution in [0.2, 0.25) is 0 Å². The maximum atomic E-state index is 6.08. The second-order valence-electron chi connectivity index (χ2n) is 6.58. The van der Waals surface area contributed by atoms with Gasteiger partial charge in [0.1, 0.15) is 5.60 Å². The third kappa shape index (κ3) is 3.80. The Balaban J connectivity index is 2.29. The van der Waals surface area contributed by atoms with Gasteiger partial charge in [0.25, 0.3) is 0 Å². The van der Waals surface area contributed by atoms with Crippen molar-refractivity contribution in [3.05, 3.63) is 23.3 Å². The molecule has 2 rings (SSSR count). The third-order valence-corrected chi connectivity index (χ3v) is 4.78. The Kier molecular flexibility index (Phi) is 5.33. The zero-order valence-electron chi connectivity index (χ0n) is 13.9. The number of nitrogens with two attached hydrogens (primary N) is 1. The topological polar surface area (TPSA) is 61.0 Å². The fourth-order valence-corrected chi connectivity index (χ4v) is 3.10. The minimum atomic E-state index is -0.302. The number of hydrogen-bond acceptors (Lipinski definition) is 4. The lowest BCUT2D eigenvalue weighted by Gasteiger charge is -2.37. The minimum absolute atomic E-state index is 0.164. The number of aryl methyl sites for hydroxylation is 1. The molecule has 1 fully saturated rings. The van der Waals surface area contributed by atoms with Crippen LogP contribution in [0.15, 0.2) is 6.07 Å². The van der Waals surface area contributed by atoms with Crippen molar-refractivity contribution in [3.8, 4) is 0 Å². The van der Waals surface area contributed by atoms with E-state index in [0.717, 1.165) is 48.8 Å². The molecule has 4 nitrogen and oxygen atoms in total. The van der Waals surface area contributed by atoms with E-state index < -0.39 is 0 Å². The van der Waals surface area contributed by atoms with Crippen molar-refractivity contribution < 1.29 is 4.74 Å². The number of rotatable bonds is 5. The summed E-state index contributed by atoms with van der Waals surface area (Å²) in [6, 6.07) is 2.21. The molecule has 0 radical (unpaired) electrons. The first-order valence-corrected chi connectivity index (χ1v) is 8.15. The fourth-order valence-electron chi connectivity index (χ4n) is 3.10. The van der Waals surface area contributed by atoms with Crippen LogP contribution in [0.3, 0.4) is 0 Å². The zero-order chi connectivity index (χ0) is 15.5. The molecule has 1 heterocycles. The molecule has 1 aromatic heterocycles. The monoisotopic (exact) mass is 291 g/mol. The average molecular weight is 291 g/mol. The summed E-state index contributed by atoms with van der Waals surface area (Å²) in [6.07, 6.45) is 6.14. The van der Waals surface area contributed by atoms with Crippen LogP contribution in [0.5, 0.6) is 0 Å². The van der Waals surface area contributed by atoms with Crippen LogP contribution < -0.4 is 5.73 Å². The van der Waals surface area contributed by atoms with E-state index in [9.17, 15) is 0 Å². The Hall–Kier alpha value is -1.00. The normalized spacial score (nSPS) is 27.6. The molecule has 1 saturated carbocycles. The number of aromatic nitrogens is 2. The quantitative estimate of drug-likeness (QED) is 0.905. The predicted molar refractivity (Wildman–Crippen MR) is 85.1 cm³/mol. The van der Waals surface area contributed by atoms with Gasteiger partial charge in [0, 0.05) is 31.0 Å². The smallest absolute Gasteiger partial charge is 0.160 e. The molecule has 21 heavy (non-hydrogen) atoms. The summed E-state index contributed by atoms with van der Waals surface area (Å²) in [5, 5.41) is 0. The van der Waals surface area contributed by atoms with E-state index in [-0.39, 0.29) is 11.6 Å². The molecule has 1 aromatic rings. The van der Waals surface area contributed by atoms with Crippen LogP contribution in [0.1, 0.15) is 63.2 Å². The highest BCUT2D eigenvalue weighted by molar-refractivity contribution is 5.16. The highest BCUT2D eigenvalue weighted by Gasteiger charge is 2.38. The van der Waals surface area contributed by atoms with E-state index in [0.29, 0.717) is 0 Å². The van der Waals surface area contributed by atoms with Gasteiger partial charge in [-0.05, 0) is 51.0 Å². The van der Waals surface area contributed by atoms with Gasteiger partial charge in [0.15, 0.2) is 5.82 Å². The van der Waals surface area contributed by atoms with Crippen LogP contribution in [-0.4, -0.2) is 23.1 Å². The van der Waals surface area contributed by atoms with Crippen molar-refractivity contribution in [2.24, 2.45) is 11.7 Å². The van der Waals surface area contributed by atoms with Gasteiger partial charge in [0.2, 0.25) is 0 Å². The van der Waals surface area contributed by atoms with Crippen molar-refractivity contribution in [3.63, 3.8) is 0 Å². The summed E-state index contributed by atoms with van der Waals surface area (Å²) >= 11 is 0. The van der Waals surface area contributed by atoms with Crippen LogP contribution in [0, 0.1) is 12.8 Å². The molecule has 0 aliphatic heterocycles. The summed E-state index contributed by atoms with van der Waals surface area (Å²) in [5.74, 6) is 1.63. The van der Waals surface area contributed by atoms with Crippen molar-refractivity contribution in [1.29, 1.82) is 0 Å². The predicted octanol–water partition coefficient (Wildman–Crippen LogP) is 3.12. The fraction of sp³-hybridized carbons (Fsp3) is 0.765. The van der Waals surface area contributed by atoms with Crippen LogP contribution in [-0.2, 0) is 16.8 Å². The highest BCUT2D eigenvalue weighted by Crippen LogP contribution is 2.40. The molecule has 1 unspecified atom stereocenters. The number of nitrogens with zero attached hydrogens (tertiary/aromatic N) is 2. The summed E-state index contributed by atoms with van der Waals surface area (Å²) < 4.78 is 5.90. The van der Waals surface area contributed by atoms with Crippen LogP contribution in [0.25, 0.3) is 0 Å². The second kappa shape index (κ2) is 6.84. The molecule has 1 atom stereocenters. The lowest BCUT2D eigenvalue weighted by Crippen LogP contribution is -2.36. The van der Waals surface area contributed by atoms with Crippen molar-refractivity contribution in [2.45, 2.75) is 70.9 Å².